The lowest BCUT2D eigenvalue weighted by atomic mass is 9.64. The molecule has 10 aromatic rings. The van der Waals surface area contributed by atoms with Gasteiger partial charge in [0.05, 0.1) is 23.0 Å². The molecule has 3 unspecified atom stereocenters. The Kier molecular flexibility index (Phi) is 9.83. The first-order chi connectivity index (χ1) is 33.7. The van der Waals surface area contributed by atoms with Gasteiger partial charge < -0.3 is 20.9 Å². The van der Waals surface area contributed by atoms with Crippen molar-refractivity contribution in [2.45, 2.75) is 23.9 Å². The van der Waals surface area contributed by atoms with Crippen LogP contribution in [0, 0.1) is 0 Å². The molecule has 13 rings (SSSR count). The summed E-state index contributed by atoms with van der Waals surface area (Å²) in [5, 5.41) is 13.3. The van der Waals surface area contributed by atoms with Crippen molar-refractivity contribution in [3.63, 3.8) is 0 Å². The predicted octanol–water partition coefficient (Wildman–Crippen LogP) is 15.8. The largest absolute Gasteiger partial charge is 0.624 e. The van der Waals surface area contributed by atoms with Crippen LogP contribution < -0.4 is 15.5 Å². The van der Waals surface area contributed by atoms with Crippen molar-refractivity contribution in [3.8, 4) is 44.5 Å². The van der Waals surface area contributed by atoms with Crippen LogP contribution in [-0.4, -0.2) is 0 Å². The van der Waals surface area contributed by atoms with Crippen molar-refractivity contribution in [1.29, 1.82) is 0 Å². The van der Waals surface area contributed by atoms with E-state index in [1.165, 1.54) is 78.1 Å². The van der Waals surface area contributed by atoms with Crippen LogP contribution in [0.1, 0.15) is 57.4 Å². The van der Waals surface area contributed by atoms with Gasteiger partial charge in [-0.15, -0.1) is 0 Å². The average molecular weight is 872 g/mol. The van der Waals surface area contributed by atoms with Crippen LogP contribution in [-0.2, 0) is 5.41 Å². The summed E-state index contributed by atoms with van der Waals surface area (Å²) in [7, 11) is 0. The zero-order valence-electron chi connectivity index (χ0n) is 37.4. The van der Waals surface area contributed by atoms with Gasteiger partial charge in [0.2, 0.25) is 0 Å². The van der Waals surface area contributed by atoms with E-state index in [0.717, 1.165) is 22.4 Å². The molecule has 3 atom stereocenters. The summed E-state index contributed by atoms with van der Waals surface area (Å²) in [6, 6.07) is 92.9. The Labute approximate surface area is 398 Å². The average Bonchev–Trinajstić information content (AvgIpc) is 3.71. The highest BCUT2D eigenvalue weighted by Gasteiger charge is 2.51. The third-order valence-electron chi connectivity index (χ3n) is 14.4. The molecular weight excluding hydrogens is 825 g/mol. The normalized spacial score (nSPS) is 17.5. The van der Waals surface area contributed by atoms with E-state index in [9.17, 15) is 0 Å². The molecule has 0 saturated carbocycles. The molecule has 2 heterocycles. The molecule has 2 N–H and O–H groups in total. The summed E-state index contributed by atoms with van der Waals surface area (Å²) in [4.78, 5) is 2.44. The van der Waals surface area contributed by atoms with Crippen molar-refractivity contribution >= 4 is 17.1 Å². The molecule has 4 nitrogen and oxygen atoms in total. The SMILES string of the molecule is c1ccc(-c2ccc(C3[N-]C(c4ccccc4-c4ccccc4-c4ccc5c(c4)C4(c6ccccc6-5)c5ccccc5N(c5ccccc5)c5ccccc54)NC(c4ccccc4)N3)cc2)cc1. The fraction of sp³-hybridized carbons (Fsp3) is 0.0625. The number of hydrogen-bond donors (Lipinski definition) is 2. The van der Waals surface area contributed by atoms with Gasteiger partial charge in [-0.3, -0.25) is 0 Å². The van der Waals surface area contributed by atoms with Gasteiger partial charge in [-0.2, -0.15) is 0 Å². The summed E-state index contributed by atoms with van der Waals surface area (Å²) < 4.78 is 0. The summed E-state index contributed by atoms with van der Waals surface area (Å²) in [6.45, 7) is 0. The molecule has 1 aliphatic carbocycles. The first kappa shape index (κ1) is 40.2. The Balaban J connectivity index is 0.940. The third kappa shape index (κ3) is 6.49. The molecule has 324 valence electrons. The van der Waals surface area contributed by atoms with E-state index >= 15 is 0 Å². The number of fused-ring (bicyclic) bond motifs is 9. The Morgan fingerprint density at radius 2 is 0.838 bits per heavy atom. The van der Waals surface area contributed by atoms with Crippen LogP contribution in [0.3, 0.4) is 0 Å². The van der Waals surface area contributed by atoms with E-state index in [1.54, 1.807) is 0 Å². The molecular formula is C64H47N4-. The molecule has 1 saturated heterocycles. The topological polar surface area (TPSA) is 41.4 Å². The van der Waals surface area contributed by atoms with Crippen LogP contribution >= 0.6 is 0 Å². The Bertz CT molecular complexity index is 3410. The summed E-state index contributed by atoms with van der Waals surface area (Å²) in [5.41, 5.74) is 21.2. The van der Waals surface area contributed by atoms with Crippen LogP contribution in [0.2, 0.25) is 0 Å². The minimum absolute atomic E-state index is 0.130. The number of nitrogens with zero attached hydrogens (tertiary/aromatic N) is 2. The standard InChI is InChI=1S/C64H47N4/c1-4-20-43(21-5-1)44-36-38-46(39-37-44)62-65-61(45-22-6-2-7-23-45)66-63(67-62)54-30-13-12-28-51(54)50-27-11-10-26-49(50)47-40-41-53-52-29-14-15-31-55(52)64(58(53)42-47)56-32-16-18-34-59(56)68(48-24-8-3-9-25-48)60-35-19-17-33-57(60)64/h1-42,61-63,65-66H/q-1. The van der Waals surface area contributed by atoms with E-state index in [2.05, 4.69) is 270 Å². The van der Waals surface area contributed by atoms with Crippen molar-refractivity contribution in [1.82, 2.24) is 10.6 Å². The number of benzene rings is 10. The van der Waals surface area contributed by atoms with Crippen molar-refractivity contribution in [3.05, 3.63) is 299 Å². The molecule has 0 amide bonds. The van der Waals surface area contributed by atoms with Gasteiger partial charge >= 0.3 is 0 Å². The zero-order chi connectivity index (χ0) is 45.0. The van der Waals surface area contributed by atoms with E-state index in [-0.39, 0.29) is 18.5 Å². The lowest BCUT2D eigenvalue weighted by Crippen LogP contribution is -2.44. The first-order valence-corrected chi connectivity index (χ1v) is 23.6. The third-order valence-corrected chi connectivity index (χ3v) is 14.4. The molecule has 1 spiro atoms. The Hall–Kier alpha value is -8.12. The Morgan fingerprint density at radius 3 is 1.54 bits per heavy atom. The minimum Gasteiger partial charge on any atom is -0.624 e. The number of para-hydroxylation sites is 3. The molecule has 68 heavy (non-hydrogen) atoms. The van der Waals surface area contributed by atoms with Crippen molar-refractivity contribution < 1.29 is 0 Å². The molecule has 1 fully saturated rings. The molecule has 4 heteroatoms. The molecule has 2 aliphatic heterocycles. The van der Waals surface area contributed by atoms with E-state index in [0.29, 0.717) is 0 Å². The number of anilines is 3. The molecule has 10 aromatic carbocycles. The van der Waals surface area contributed by atoms with Crippen LogP contribution in [0.4, 0.5) is 17.1 Å². The van der Waals surface area contributed by atoms with Gasteiger partial charge in [0.25, 0.3) is 0 Å². The smallest absolute Gasteiger partial charge is 0.0814 e. The van der Waals surface area contributed by atoms with E-state index in [4.69, 9.17) is 5.32 Å². The van der Waals surface area contributed by atoms with Gasteiger partial charge in [-0.05, 0) is 108 Å². The van der Waals surface area contributed by atoms with Crippen LogP contribution in [0.5, 0.6) is 0 Å². The highest BCUT2D eigenvalue weighted by molar-refractivity contribution is 5.97. The quantitative estimate of drug-likeness (QED) is 0.168. The lowest BCUT2D eigenvalue weighted by Gasteiger charge is -2.50. The fourth-order valence-electron chi connectivity index (χ4n) is 11.4. The van der Waals surface area contributed by atoms with Crippen LogP contribution in [0.25, 0.3) is 49.8 Å². The van der Waals surface area contributed by atoms with Crippen LogP contribution in [0.15, 0.2) is 255 Å². The maximum Gasteiger partial charge on any atom is 0.0814 e. The summed E-state index contributed by atoms with van der Waals surface area (Å²) in [6.07, 6.45) is -0.673. The molecule has 0 radical (unpaired) electrons. The van der Waals surface area contributed by atoms with Gasteiger partial charge in [0.1, 0.15) is 0 Å². The van der Waals surface area contributed by atoms with Crippen molar-refractivity contribution in [2.75, 3.05) is 4.90 Å². The number of nitrogens with one attached hydrogen (secondary N) is 2. The second-order valence-corrected chi connectivity index (χ2v) is 18.0. The maximum atomic E-state index is 5.56. The summed E-state index contributed by atoms with van der Waals surface area (Å²) >= 11 is 0. The van der Waals surface area contributed by atoms with Gasteiger partial charge in [-0.25, -0.2) is 0 Å². The molecule has 0 aromatic heterocycles. The van der Waals surface area contributed by atoms with Crippen molar-refractivity contribution in [2.24, 2.45) is 0 Å². The summed E-state index contributed by atoms with van der Waals surface area (Å²) in [5.74, 6) is 0. The fourth-order valence-corrected chi connectivity index (χ4v) is 11.4. The van der Waals surface area contributed by atoms with Gasteiger partial charge in [0, 0.05) is 5.69 Å². The molecule has 3 aliphatic rings. The second kappa shape index (κ2) is 16.6. The Morgan fingerprint density at radius 1 is 0.338 bits per heavy atom. The maximum absolute atomic E-state index is 5.56. The highest BCUT2D eigenvalue weighted by atomic mass is 15.4. The second-order valence-electron chi connectivity index (χ2n) is 18.0. The molecule has 0 bridgehead atoms. The van der Waals surface area contributed by atoms with Gasteiger partial charge in [-0.1, -0.05) is 242 Å². The van der Waals surface area contributed by atoms with Gasteiger partial charge in [0.15, 0.2) is 0 Å². The zero-order valence-corrected chi connectivity index (χ0v) is 37.4. The lowest BCUT2D eigenvalue weighted by molar-refractivity contribution is 0.316. The number of rotatable bonds is 7. The van der Waals surface area contributed by atoms with E-state index < -0.39 is 5.41 Å². The highest BCUT2D eigenvalue weighted by Crippen LogP contribution is 2.63. The monoisotopic (exact) mass is 871 g/mol. The minimum atomic E-state index is -0.550. The first-order valence-electron chi connectivity index (χ1n) is 23.6. The number of hydrogen-bond acceptors (Lipinski definition) is 3. The predicted molar refractivity (Wildman–Crippen MR) is 279 cm³/mol. The van der Waals surface area contributed by atoms with E-state index in [1.807, 2.05) is 0 Å².